The van der Waals surface area contributed by atoms with Gasteiger partial charge in [-0.3, -0.25) is 4.98 Å². The fourth-order valence-electron chi connectivity index (χ4n) is 3.17. The maximum atomic E-state index is 13.0. The summed E-state index contributed by atoms with van der Waals surface area (Å²) in [6.45, 7) is 3.27. The lowest BCUT2D eigenvalue weighted by atomic mass is 10.0. The summed E-state index contributed by atoms with van der Waals surface area (Å²) in [6, 6.07) is 6.62. The predicted octanol–water partition coefficient (Wildman–Crippen LogP) is 2.97. The molecule has 3 heterocycles. The molecule has 1 aliphatic heterocycles. The Morgan fingerprint density at radius 1 is 1.36 bits per heavy atom. The minimum absolute atomic E-state index is 0.00403. The molecule has 0 radical (unpaired) electrons. The van der Waals surface area contributed by atoms with Crippen LogP contribution in [0.5, 0.6) is 5.75 Å². The molecule has 0 amide bonds. The Morgan fingerprint density at radius 3 is 2.96 bits per heavy atom. The Morgan fingerprint density at radius 2 is 2.20 bits per heavy atom. The molecular weight excluding hydrogens is 362 g/mol. The van der Waals surface area contributed by atoms with Crippen molar-refractivity contribution in [3.05, 3.63) is 53.4 Å². The van der Waals surface area contributed by atoms with E-state index < -0.39 is 10.0 Å². The second-order valence-electron chi connectivity index (χ2n) is 5.86. The van der Waals surface area contributed by atoms with Crippen LogP contribution in [0.4, 0.5) is 0 Å². The standard InChI is InChI=1S/C17H16ClN3O3S/c1-11-16-15(24-8-7-20-11)5-4-14-17(16)13(18)10-21(14)25(22,23)12-3-2-6-19-9-12/h2-6,9-11,20H,7-8H2,1H3. The number of hydrogen-bond acceptors (Lipinski definition) is 5. The van der Waals surface area contributed by atoms with E-state index in [1.807, 2.05) is 6.92 Å². The lowest BCUT2D eigenvalue weighted by molar-refractivity contribution is 0.325. The van der Waals surface area contributed by atoms with Crippen LogP contribution in [-0.4, -0.2) is 30.5 Å². The van der Waals surface area contributed by atoms with Gasteiger partial charge in [-0.2, -0.15) is 0 Å². The van der Waals surface area contributed by atoms with Gasteiger partial charge in [0, 0.05) is 42.1 Å². The number of nitrogens with one attached hydrogen (secondary N) is 1. The second-order valence-corrected chi connectivity index (χ2v) is 8.08. The molecule has 4 rings (SSSR count). The Hall–Kier alpha value is -2.09. The molecular formula is C17H16ClN3O3S. The fraction of sp³-hybridized carbons (Fsp3) is 0.235. The van der Waals surface area contributed by atoms with Gasteiger partial charge in [-0.25, -0.2) is 12.4 Å². The van der Waals surface area contributed by atoms with Crippen LogP contribution in [0.15, 0.2) is 47.8 Å². The molecule has 0 aliphatic carbocycles. The van der Waals surface area contributed by atoms with Crippen LogP contribution in [0.1, 0.15) is 18.5 Å². The molecule has 0 spiro atoms. The second kappa shape index (κ2) is 6.01. The van der Waals surface area contributed by atoms with Crippen LogP contribution in [0, 0.1) is 0 Å². The van der Waals surface area contributed by atoms with E-state index in [0.29, 0.717) is 29.1 Å². The molecule has 0 bridgehead atoms. The van der Waals surface area contributed by atoms with Crippen LogP contribution < -0.4 is 10.1 Å². The summed E-state index contributed by atoms with van der Waals surface area (Å²) in [4.78, 5) is 4.01. The highest BCUT2D eigenvalue weighted by Crippen LogP contribution is 2.40. The van der Waals surface area contributed by atoms with Crippen LogP contribution in [0.3, 0.4) is 0 Å². The van der Waals surface area contributed by atoms with E-state index in [0.717, 1.165) is 11.3 Å². The summed E-state index contributed by atoms with van der Waals surface area (Å²) in [5.41, 5.74) is 1.40. The number of ether oxygens (including phenoxy) is 1. The Kier molecular flexibility index (Phi) is 3.94. The zero-order valence-corrected chi connectivity index (χ0v) is 15.0. The molecule has 0 saturated heterocycles. The van der Waals surface area contributed by atoms with E-state index in [1.165, 1.54) is 28.6 Å². The third kappa shape index (κ3) is 2.59. The van der Waals surface area contributed by atoms with Gasteiger partial charge in [0.1, 0.15) is 17.3 Å². The molecule has 3 aromatic rings. The highest BCUT2D eigenvalue weighted by molar-refractivity contribution is 7.90. The maximum absolute atomic E-state index is 13.0. The first-order valence-corrected chi connectivity index (χ1v) is 9.67. The van der Waals surface area contributed by atoms with Crippen LogP contribution in [0.2, 0.25) is 5.02 Å². The van der Waals surface area contributed by atoms with E-state index in [2.05, 4.69) is 10.3 Å². The molecule has 8 heteroatoms. The van der Waals surface area contributed by atoms with E-state index >= 15 is 0 Å². The lowest BCUT2D eigenvalue weighted by Gasteiger charge is -2.15. The minimum Gasteiger partial charge on any atom is -0.492 e. The molecule has 1 atom stereocenters. The van der Waals surface area contributed by atoms with Gasteiger partial charge in [0.15, 0.2) is 0 Å². The van der Waals surface area contributed by atoms with Crippen molar-refractivity contribution >= 4 is 32.5 Å². The SMILES string of the molecule is CC1NCCOc2ccc3c(c(Cl)cn3S(=O)(=O)c3cccnc3)c21. The number of fused-ring (bicyclic) bond motifs is 3. The number of halogens is 1. The number of aromatic nitrogens is 2. The molecule has 0 fully saturated rings. The Labute approximate surface area is 150 Å². The topological polar surface area (TPSA) is 73.2 Å². The average Bonchev–Trinajstić information content (AvgIpc) is 2.85. The van der Waals surface area contributed by atoms with E-state index in [4.69, 9.17) is 16.3 Å². The lowest BCUT2D eigenvalue weighted by Crippen LogP contribution is -2.20. The van der Waals surface area contributed by atoms with Gasteiger partial charge in [-0.15, -0.1) is 0 Å². The molecule has 25 heavy (non-hydrogen) atoms. The summed E-state index contributed by atoms with van der Waals surface area (Å²) >= 11 is 6.44. The molecule has 1 unspecified atom stereocenters. The van der Waals surface area contributed by atoms with Gasteiger partial charge in [0.05, 0.1) is 10.5 Å². The molecule has 130 valence electrons. The van der Waals surface area contributed by atoms with Crippen molar-refractivity contribution in [1.82, 2.24) is 14.3 Å². The average molecular weight is 378 g/mol. The molecule has 2 aromatic heterocycles. The van der Waals surface area contributed by atoms with Crippen molar-refractivity contribution in [2.45, 2.75) is 17.9 Å². The first-order valence-electron chi connectivity index (χ1n) is 7.85. The van der Waals surface area contributed by atoms with Crippen LogP contribution in [0.25, 0.3) is 10.9 Å². The molecule has 1 aliphatic rings. The van der Waals surface area contributed by atoms with Gasteiger partial charge in [-0.1, -0.05) is 11.6 Å². The van der Waals surface area contributed by atoms with E-state index in [-0.39, 0.29) is 10.9 Å². The number of rotatable bonds is 2. The van der Waals surface area contributed by atoms with Crippen molar-refractivity contribution in [3.63, 3.8) is 0 Å². The molecule has 6 nitrogen and oxygen atoms in total. The zero-order valence-electron chi connectivity index (χ0n) is 13.4. The van der Waals surface area contributed by atoms with Gasteiger partial charge in [-0.05, 0) is 31.2 Å². The first kappa shape index (κ1) is 16.4. The fourth-order valence-corrected chi connectivity index (χ4v) is 4.85. The Bertz CT molecular complexity index is 1050. The van der Waals surface area contributed by atoms with Gasteiger partial charge in [0.25, 0.3) is 10.0 Å². The van der Waals surface area contributed by atoms with Crippen LogP contribution in [-0.2, 0) is 10.0 Å². The van der Waals surface area contributed by atoms with Gasteiger partial charge >= 0.3 is 0 Å². The normalized spacial score (nSPS) is 17.8. The molecule has 1 aromatic carbocycles. The third-order valence-electron chi connectivity index (χ3n) is 4.32. The number of benzene rings is 1. The summed E-state index contributed by atoms with van der Waals surface area (Å²) < 4.78 is 33.0. The first-order chi connectivity index (χ1) is 12.0. The number of pyridine rings is 1. The summed E-state index contributed by atoms with van der Waals surface area (Å²) in [6.07, 6.45) is 4.29. The van der Waals surface area contributed by atoms with E-state index in [1.54, 1.807) is 18.2 Å². The van der Waals surface area contributed by atoms with Crippen molar-refractivity contribution < 1.29 is 13.2 Å². The van der Waals surface area contributed by atoms with Gasteiger partial charge in [0.2, 0.25) is 0 Å². The molecule has 1 N–H and O–H groups in total. The monoisotopic (exact) mass is 377 g/mol. The third-order valence-corrected chi connectivity index (χ3v) is 6.27. The summed E-state index contributed by atoms with van der Waals surface area (Å²) in [5.74, 6) is 0.725. The van der Waals surface area contributed by atoms with Crippen LogP contribution >= 0.6 is 11.6 Å². The predicted molar refractivity (Wildman–Crippen MR) is 95.7 cm³/mol. The quantitative estimate of drug-likeness (QED) is 0.743. The maximum Gasteiger partial charge on any atom is 0.269 e. The van der Waals surface area contributed by atoms with Crippen molar-refractivity contribution in [2.24, 2.45) is 0 Å². The molecule has 0 saturated carbocycles. The minimum atomic E-state index is -3.79. The number of hydrogen-bond donors (Lipinski definition) is 1. The highest BCUT2D eigenvalue weighted by Gasteiger charge is 2.26. The van der Waals surface area contributed by atoms with Gasteiger partial charge < -0.3 is 10.1 Å². The van der Waals surface area contributed by atoms with Crippen molar-refractivity contribution in [1.29, 1.82) is 0 Å². The largest absolute Gasteiger partial charge is 0.492 e. The smallest absolute Gasteiger partial charge is 0.269 e. The van der Waals surface area contributed by atoms with E-state index in [9.17, 15) is 8.42 Å². The number of nitrogens with zero attached hydrogens (tertiary/aromatic N) is 2. The van der Waals surface area contributed by atoms with Crippen molar-refractivity contribution in [2.75, 3.05) is 13.2 Å². The zero-order chi connectivity index (χ0) is 17.6. The summed E-state index contributed by atoms with van der Waals surface area (Å²) in [5, 5.41) is 4.41. The Balaban J connectivity index is 2.00. The highest BCUT2D eigenvalue weighted by atomic mass is 35.5. The summed E-state index contributed by atoms with van der Waals surface area (Å²) in [7, 11) is -3.79. The van der Waals surface area contributed by atoms with Crippen molar-refractivity contribution in [3.8, 4) is 5.75 Å².